The summed E-state index contributed by atoms with van der Waals surface area (Å²) in [6.45, 7) is 4.95. The van der Waals surface area contributed by atoms with Crippen molar-refractivity contribution in [3.63, 3.8) is 0 Å². The number of fused-ring (bicyclic) bond motifs is 1. The van der Waals surface area contributed by atoms with Gasteiger partial charge in [0.15, 0.2) is 0 Å². The minimum absolute atomic E-state index is 0.180. The molecule has 20 heavy (non-hydrogen) atoms. The molecule has 4 nitrogen and oxygen atoms in total. The Morgan fingerprint density at radius 2 is 2.10 bits per heavy atom. The van der Waals surface area contributed by atoms with Gasteiger partial charge in [-0.15, -0.1) is 0 Å². The molecular formula is C16H19N3O. The number of pyridine rings is 1. The summed E-state index contributed by atoms with van der Waals surface area (Å²) in [5, 5.41) is 4.61. The molecule has 1 atom stereocenters. The molecule has 0 radical (unpaired) electrons. The first kappa shape index (κ1) is 12.9. The second kappa shape index (κ2) is 4.78. The molecule has 1 aromatic carbocycles. The second-order valence-electron chi connectivity index (χ2n) is 5.58. The molecular weight excluding hydrogens is 250 g/mol. The molecule has 1 aliphatic rings. The van der Waals surface area contributed by atoms with Crippen LogP contribution in [0.2, 0.25) is 0 Å². The van der Waals surface area contributed by atoms with Gasteiger partial charge < -0.3 is 10.2 Å². The standard InChI is InChI=1S/C16H19N3O/c1-10-4-5-13-14(6-7-17-16(13)11(10)2)18-12-8-15(20)19(3)9-12/h4-7,12H,8-9H2,1-3H3,(H,17,18). The number of rotatable bonds is 2. The van der Waals surface area contributed by atoms with Gasteiger partial charge in [-0.25, -0.2) is 0 Å². The van der Waals surface area contributed by atoms with Crippen LogP contribution in [0.1, 0.15) is 17.5 Å². The Morgan fingerprint density at radius 1 is 1.30 bits per heavy atom. The third-order valence-electron chi connectivity index (χ3n) is 4.14. The van der Waals surface area contributed by atoms with Gasteiger partial charge in [-0.2, -0.15) is 0 Å². The molecule has 1 amide bonds. The first-order valence-corrected chi connectivity index (χ1v) is 6.91. The summed E-state index contributed by atoms with van der Waals surface area (Å²) in [5.74, 6) is 0.202. The summed E-state index contributed by atoms with van der Waals surface area (Å²) in [5.41, 5.74) is 4.56. The zero-order valence-electron chi connectivity index (χ0n) is 12.1. The van der Waals surface area contributed by atoms with Crippen molar-refractivity contribution in [2.75, 3.05) is 18.9 Å². The van der Waals surface area contributed by atoms with E-state index in [0.717, 1.165) is 23.1 Å². The van der Waals surface area contributed by atoms with Gasteiger partial charge in [0.2, 0.25) is 5.91 Å². The number of nitrogens with zero attached hydrogens (tertiary/aromatic N) is 2. The molecule has 0 bridgehead atoms. The Bertz CT molecular complexity index is 681. The first-order valence-electron chi connectivity index (χ1n) is 6.91. The summed E-state index contributed by atoms with van der Waals surface area (Å²) < 4.78 is 0. The lowest BCUT2D eigenvalue weighted by Crippen LogP contribution is -2.24. The molecule has 4 heteroatoms. The van der Waals surface area contributed by atoms with E-state index >= 15 is 0 Å². The van der Waals surface area contributed by atoms with Gasteiger partial charge in [-0.05, 0) is 31.0 Å². The fraction of sp³-hybridized carbons (Fsp3) is 0.375. The highest BCUT2D eigenvalue weighted by Crippen LogP contribution is 2.27. The van der Waals surface area contributed by atoms with E-state index in [1.54, 1.807) is 4.90 Å². The van der Waals surface area contributed by atoms with Gasteiger partial charge in [0.1, 0.15) is 0 Å². The molecule has 0 saturated carbocycles. The van der Waals surface area contributed by atoms with Crippen LogP contribution in [-0.4, -0.2) is 35.4 Å². The molecule has 1 fully saturated rings. The van der Waals surface area contributed by atoms with Crippen LogP contribution in [0.5, 0.6) is 0 Å². The predicted octanol–water partition coefficient (Wildman–Crippen LogP) is 2.49. The van der Waals surface area contributed by atoms with Gasteiger partial charge in [-0.3, -0.25) is 9.78 Å². The Kier molecular flexibility index (Phi) is 3.08. The Labute approximate surface area is 118 Å². The SMILES string of the molecule is Cc1ccc2c(NC3CC(=O)N(C)C3)ccnc2c1C. The van der Waals surface area contributed by atoms with E-state index < -0.39 is 0 Å². The van der Waals surface area contributed by atoms with Crippen LogP contribution < -0.4 is 5.32 Å². The van der Waals surface area contributed by atoms with E-state index in [1.165, 1.54) is 11.1 Å². The van der Waals surface area contributed by atoms with Crippen molar-refractivity contribution in [1.82, 2.24) is 9.88 Å². The second-order valence-corrected chi connectivity index (χ2v) is 5.58. The van der Waals surface area contributed by atoms with Crippen LogP contribution in [0.25, 0.3) is 10.9 Å². The largest absolute Gasteiger partial charge is 0.379 e. The minimum Gasteiger partial charge on any atom is -0.379 e. The monoisotopic (exact) mass is 269 g/mol. The quantitative estimate of drug-likeness (QED) is 0.911. The van der Waals surface area contributed by atoms with E-state index in [9.17, 15) is 4.79 Å². The van der Waals surface area contributed by atoms with Crippen molar-refractivity contribution in [2.45, 2.75) is 26.3 Å². The summed E-state index contributed by atoms with van der Waals surface area (Å²) in [6.07, 6.45) is 2.39. The zero-order chi connectivity index (χ0) is 14.3. The van der Waals surface area contributed by atoms with Crippen LogP contribution in [-0.2, 0) is 4.79 Å². The van der Waals surface area contributed by atoms with Crippen LogP contribution >= 0.6 is 0 Å². The van der Waals surface area contributed by atoms with E-state index in [-0.39, 0.29) is 11.9 Å². The molecule has 1 aromatic heterocycles. The highest BCUT2D eigenvalue weighted by molar-refractivity contribution is 5.94. The smallest absolute Gasteiger partial charge is 0.224 e. The molecule has 2 heterocycles. The summed E-state index contributed by atoms with van der Waals surface area (Å²) in [4.78, 5) is 17.9. The van der Waals surface area contributed by atoms with Crippen molar-refractivity contribution in [2.24, 2.45) is 0 Å². The molecule has 3 rings (SSSR count). The average Bonchev–Trinajstić information content (AvgIpc) is 2.73. The molecule has 0 spiro atoms. The normalized spacial score (nSPS) is 18.9. The highest BCUT2D eigenvalue weighted by Gasteiger charge is 2.26. The molecule has 1 N–H and O–H groups in total. The van der Waals surface area contributed by atoms with Crippen molar-refractivity contribution >= 4 is 22.5 Å². The number of carbonyl (C=O) groups is 1. The molecule has 1 unspecified atom stereocenters. The molecule has 104 valence electrons. The van der Waals surface area contributed by atoms with E-state index in [0.29, 0.717) is 6.42 Å². The van der Waals surface area contributed by atoms with Gasteiger partial charge >= 0.3 is 0 Å². The summed E-state index contributed by atoms with van der Waals surface area (Å²) >= 11 is 0. The Morgan fingerprint density at radius 3 is 2.80 bits per heavy atom. The number of carbonyl (C=O) groups excluding carboxylic acids is 1. The Hall–Kier alpha value is -2.10. The molecule has 2 aromatic rings. The third-order valence-corrected chi connectivity index (χ3v) is 4.14. The molecule has 0 aliphatic carbocycles. The van der Waals surface area contributed by atoms with Crippen LogP contribution in [0.3, 0.4) is 0 Å². The van der Waals surface area contributed by atoms with Crippen molar-refractivity contribution in [3.05, 3.63) is 35.5 Å². The lowest BCUT2D eigenvalue weighted by molar-refractivity contribution is -0.126. The zero-order valence-corrected chi connectivity index (χ0v) is 12.1. The highest BCUT2D eigenvalue weighted by atomic mass is 16.2. The number of hydrogen-bond acceptors (Lipinski definition) is 3. The van der Waals surface area contributed by atoms with Crippen LogP contribution in [0, 0.1) is 13.8 Å². The lowest BCUT2D eigenvalue weighted by atomic mass is 10.0. The maximum atomic E-state index is 11.6. The molecule has 1 saturated heterocycles. The predicted molar refractivity (Wildman–Crippen MR) is 80.9 cm³/mol. The number of likely N-dealkylation sites (tertiary alicyclic amines) is 1. The maximum absolute atomic E-state index is 11.6. The number of likely N-dealkylation sites (N-methyl/N-ethyl adjacent to an activating group) is 1. The fourth-order valence-corrected chi connectivity index (χ4v) is 2.77. The van der Waals surface area contributed by atoms with E-state index in [2.05, 4.69) is 36.3 Å². The van der Waals surface area contributed by atoms with Crippen molar-refractivity contribution in [1.29, 1.82) is 0 Å². The van der Waals surface area contributed by atoms with Crippen LogP contribution in [0.15, 0.2) is 24.4 Å². The number of nitrogens with one attached hydrogen (secondary N) is 1. The molecule has 1 aliphatic heterocycles. The van der Waals surface area contributed by atoms with Gasteiger partial charge in [-0.1, -0.05) is 12.1 Å². The van der Waals surface area contributed by atoms with Gasteiger partial charge in [0, 0.05) is 37.3 Å². The first-order chi connectivity index (χ1) is 9.56. The van der Waals surface area contributed by atoms with Gasteiger partial charge in [0.25, 0.3) is 0 Å². The van der Waals surface area contributed by atoms with E-state index in [4.69, 9.17) is 0 Å². The van der Waals surface area contributed by atoms with Crippen LogP contribution in [0.4, 0.5) is 5.69 Å². The number of amides is 1. The third kappa shape index (κ3) is 2.11. The lowest BCUT2D eigenvalue weighted by Gasteiger charge is -2.16. The topological polar surface area (TPSA) is 45.2 Å². The number of anilines is 1. The average molecular weight is 269 g/mol. The number of aryl methyl sites for hydroxylation is 2. The summed E-state index contributed by atoms with van der Waals surface area (Å²) in [7, 11) is 1.85. The van der Waals surface area contributed by atoms with Crippen molar-refractivity contribution < 1.29 is 4.79 Å². The number of hydrogen-bond donors (Lipinski definition) is 1. The summed E-state index contributed by atoms with van der Waals surface area (Å²) in [6, 6.07) is 6.39. The van der Waals surface area contributed by atoms with Gasteiger partial charge in [0.05, 0.1) is 11.6 Å². The van der Waals surface area contributed by atoms with E-state index in [1.807, 2.05) is 19.3 Å². The Balaban J connectivity index is 1.96. The number of benzene rings is 1. The number of aromatic nitrogens is 1. The fourth-order valence-electron chi connectivity index (χ4n) is 2.77. The maximum Gasteiger partial charge on any atom is 0.224 e. The minimum atomic E-state index is 0.180. The van der Waals surface area contributed by atoms with Crippen molar-refractivity contribution in [3.8, 4) is 0 Å².